The minimum Gasteiger partial charge on any atom is -0.379 e. The van der Waals surface area contributed by atoms with Crippen LogP contribution >= 0.6 is 0 Å². The molecular weight excluding hydrogens is 476 g/mol. The quantitative estimate of drug-likeness (QED) is 0.380. The van der Waals surface area contributed by atoms with Crippen LogP contribution in [0.5, 0.6) is 0 Å². The number of nitrogens with one attached hydrogen (secondary N) is 1. The van der Waals surface area contributed by atoms with Gasteiger partial charge in [0.25, 0.3) is 0 Å². The number of halogens is 2. The van der Waals surface area contributed by atoms with Crippen LogP contribution in [-0.2, 0) is 16.0 Å². The molecule has 6 rings (SSSR count). The van der Waals surface area contributed by atoms with Gasteiger partial charge in [0, 0.05) is 43.6 Å². The molecule has 1 N–H and O–H groups in total. The molecular formula is C28H29F2N5O2. The van der Waals surface area contributed by atoms with Crippen LogP contribution < -0.4 is 0 Å². The second-order valence-electron chi connectivity index (χ2n) is 9.54. The van der Waals surface area contributed by atoms with Gasteiger partial charge in [0.05, 0.1) is 24.2 Å². The van der Waals surface area contributed by atoms with Crippen molar-refractivity contribution >= 4 is 23.2 Å². The number of ether oxygens (including phenoxy) is 2. The number of nitrogens with zero attached hydrogens (tertiary/aromatic N) is 4. The molecule has 9 heteroatoms. The molecule has 0 spiro atoms. The smallest absolute Gasteiger partial charge is 0.166 e. The molecule has 0 saturated carbocycles. The Morgan fingerprint density at radius 3 is 2.73 bits per heavy atom. The van der Waals surface area contributed by atoms with E-state index in [9.17, 15) is 8.78 Å². The average Bonchev–Trinajstić information content (AvgIpc) is 3.55. The highest BCUT2D eigenvalue weighted by atomic mass is 19.2. The number of imidazole rings is 1. The maximum Gasteiger partial charge on any atom is 0.166 e. The lowest BCUT2D eigenvalue weighted by atomic mass is 10.1. The summed E-state index contributed by atoms with van der Waals surface area (Å²) in [6, 6.07) is 10.4. The number of H-pyrrole nitrogens is 1. The molecule has 0 amide bonds. The number of aromatic amines is 1. The molecule has 37 heavy (non-hydrogen) atoms. The van der Waals surface area contributed by atoms with Gasteiger partial charge in [-0.1, -0.05) is 30.4 Å². The number of hydrogen-bond donors (Lipinski definition) is 1. The molecule has 7 nitrogen and oxygen atoms in total. The van der Waals surface area contributed by atoms with Crippen LogP contribution in [0.2, 0.25) is 0 Å². The van der Waals surface area contributed by atoms with Gasteiger partial charge in [0.1, 0.15) is 11.9 Å². The SMILES string of the molecule is Fc1cccc(C=Cc2cn(C3CCCCO3)nc2-c2nc3cc(CN4CCOCC4)ccc3[nH]2)c1F. The number of hydrogen-bond acceptors (Lipinski definition) is 5. The summed E-state index contributed by atoms with van der Waals surface area (Å²) in [5, 5.41) is 4.82. The number of benzene rings is 2. The third kappa shape index (κ3) is 5.20. The van der Waals surface area contributed by atoms with Gasteiger partial charge < -0.3 is 14.5 Å². The zero-order chi connectivity index (χ0) is 25.2. The highest BCUT2D eigenvalue weighted by Gasteiger charge is 2.21. The largest absolute Gasteiger partial charge is 0.379 e. The van der Waals surface area contributed by atoms with Crippen LogP contribution in [0.15, 0.2) is 42.6 Å². The topological polar surface area (TPSA) is 68.2 Å². The molecule has 2 fully saturated rings. The Morgan fingerprint density at radius 1 is 1.03 bits per heavy atom. The van der Waals surface area contributed by atoms with Crippen LogP contribution in [0.25, 0.3) is 34.7 Å². The van der Waals surface area contributed by atoms with Crippen LogP contribution in [0.1, 0.15) is 42.2 Å². The van der Waals surface area contributed by atoms with Gasteiger partial charge in [0.15, 0.2) is 17.5 Å². The van der Waals surface area contributed by atoms with Crippen molar-refractivity contribution in [2.75, 3.05) is 32.9 Å². The monoisotopic (exact) mass is 505 g/mol. The van der Waals surface area contributed by atoms with Crippen molar-refractivity contribution in [2.24, 2.45) is 0 Å². The van der Waals surface area contributed by atoms with E-state index in [1.165, 1.54) is 11.6 Å². The first-order chi connectivity index (χ1) is 18.1. The van der Waals surface area contributed by atoms with Gasteiger partial charge in [-0.05, 0) is 43.0 Å². The summed E-state index contributed by atoms with van der Waals surface area (Å²) in [5.74, 6) is -1.13. The summed E-state index contributed by atoms with van der Waals surface area (Å²) in [5.41, 5.74) is 4.50. The zero-order valence-electron chi connectivity index (χ0n) is 20.5. The van der Waals surface area contributed by atoms with Crippen molar-refractivity contribution in [3.63, 3.8) is 0 Å². The van der Waals surface area contributed by atoms with Crippen molar-refractivity contribution in [3.8, 4) is 11.5 Å². The molecule has 2 aromatic heterocycles. The predicted octanol–water partition coefficient (Wildman–Crippen LogP) is 5.41. The summed E-state index contributed by atoms with van der Waals surface area (Å²) in [6.45, 7) is 4.91. The summed E-state index contributed by atoms with van der Waals surface area (Å²) in [7, 11) is 0. The fourth-order valence-corrected chi connectivity index (χ4v) is 4.90. The molecule has 1 atom stereocenters. The second-order valence-corrected chi connectivity index (χ2v) is 9.54. The Labute approximate surface area is 213 Å². The molecule has 0 aliphatic carbocycles. The van der Waals surface area contributed by atoms with E-state index in [1.807, 2.05) is 16.9 Å². The molecule has 2 saturated heterocycles. The Kier molecular flexibility index (Phi) is 6.82. The number of aromatic nitrogens is 4. The first-order valence-corrected chi connectivity index (χ1v) is 12.8. The molecule has 2 aliphatic heterocycles. The number of fused-ring (bicyclic) bond motifs is 1. The van der Waals surface area contributed by atoms with Gasteiger partial charge in [-0.3, -0.25) is 4.90 Å². The fourth-order valence-electron chi connectivity index (χ4n) is 4.90. The fraction of sp³-hybridized carbons (Fsp3) is 0.357. The van der Waals surface area contributed by atoms with Gasteiger partial charge >= 0.3 is 0 Å². The first kappa shape index (κ1) is 24.0. The van der Waals surface area contributed by atoms with E-state index in [-0.39, 0.29) is 11.8 Å². The summed E-state index contributed by atoms with van der Waals surface area (Å²) >= 11 is 0. The number of morpholine rings is 1. The van der Waals surface area contributed by atoms with E-state index in [4.69, 9.17) is 19.6 Å². The Bertz CT molecular complexity index is 1420. The van der Waals surface area contributed by atoms with Crippen molar-refractivity contribution in [2.45, 2.75) is 32.0 Å². The van der Waals surface area contributed by atoms with Crippen LogP contribution in [0.4, 0.5) is 8.78 Å². The van der Waals surface area contributed by atoms with Gasteiger partial charge in [0.2, 0.25) is 0 Å². The van der Waals surface area contributed by atoms with E-state index in [0.717, 1.165) is 74.8 Å². The Hall–Kier alpha value is -3.40. The van der Waals surface area contributed by atoms with Gasteiger partial charge in [-0.25, -0.2) is 18.4 Å². The first-order valence-electron chi connectivity index (χ1n) is 12.8. The molecule has 192 valence electrons. The minimum absolute atomic E-state index is 0.162. The summed E-state index contributed by atoms with van der Waals surface area (Å²) in [6.07, 6.45) is 8.00. The number of rotatable bonds is 6. The minimum atomic E-state index is -0.876. The lowest BCUT2D eigenvalue weighted by Crippen LogP contribution is -2.35. The van der Waals surface area contributed by atoms with Crippen molar-refractivity contribution in [1.82, 2.24) is 24.6 Å². The standard InChI is InChI=1S/C28H29F2N5O2/c29-22-5-3-4-20(26(22)30)8-9-21-18-35(25-6-1-2-13-37-25)33-27(21)28-31-23-10-7-19(16-24(23)32-28)17-34-11-14-36-15-12-34/h3-5,7-10,16,18,25H,1-2,6,11-15,17H2,(H,31,32). The molecule has 0 bridgehead atoms. The maximum atomic E-state index is 14.3. The van der Waals surface area contributed by atoms with E-state index >= 15 is 0 Å². The Balaban J connectivity index is 1.34. The molecule has 2 aromatic carbocycles. The van der Waals surface area contributed by atoms with E-state index < -0.39 is 11.6 Å². The van der Waals surface area contributed by atoms with Crippen molar-refractivity contribution in [3.05, 3.63) is 70.9 Å². The van der Waals surface area contributed by atoms with Gasteiger partial charge in [-0.2, -0.15) is 5.10 Å². The lowest BCUT2D eigenvalue weighted by Gasteiger charge is -2.26. The van der Waals surface area contributed by atoms with E-state index in [0.29, 0.717) is 18.1 Å². The summed E-state index contributed by atoms with van der Waals surface area (Å²) in [4.78, 5) is 10.6. The Morgan fingerprint density at radius 2 is 1.89 bits per heavy atom. The van der Waals surface area contributed by atoms with E-state index in [1.54, 1.807) is 18.2 Å². The zero-order valence-corrected chi connectivity index (χ0v) is 20.5. The third-order valence-corrected chi connectivity index (χ3v) is 6.92. The summed E-state index contributed by atoms with van der Waals surface area (Å²) < 4.78 is 41.2. The molecule has 4 aromatic rings. The van der Waals surface area contributed by atoms with Crippen LogP contribution in [0.3, 0.4) is 0 Å². The normalized spacial score (nSPS) is 19.2. The lowest BCUT2D eigenvalue weighted by molar-refractivity contribution is -0.0393. The van der Waals surface area contributed by atoms with Gasteiger partial charge in [-0.15, -0.1) is 0 Å². The molecule has 0 radical (unpaired) electrons. The van der Waals surface area contributed by atoms with E-state index in [2.05, 4.69) is 22.0 Å². The highest BCUT2D eigenvalue weighted by molar-refractivity contribution is 5.83. The molecule has 2 aliphatic rings. The highest BCUT2D eigenvalue weighted by Crippen LogP contribution is 2.29. The third-order valence-electron chi connectivity index (χ3n) is 6.92. The average molecular weight is 506 g/mol. The predicted molar refractivity (Wildman–Crippen MR) is 138 cm³/mol. The molecule has 1 unspecified atom stereocenters. The van der Waals surface area contributed by atoms with Crippen molar-refractivity contribution in [1.29, 1.82) is 0 Å². The van der Waals surface area contributed by atoms with Crippen molar-refractivity contribution < 1.29 is 18.3 Å². The van der Waals surface area contributed by atoms with Crippen LogP contribution in [0, 0.1) is 11.6 Å². The maximum absolute atomic E-state index is 14.3. The van der Waals surface area contributed by atoms with Crippen LogP contribution in [-0.4, -0.2) is 57.6 Å². The molecule has 4 heterocycles. The second kappa shape index (κ2) is 10.5.